The van der Waals surface area contributed by atoms with Gasteiger partial charge in [0.1, 0.15) is 0 Å². The maximum Gasteiger partial charge on any atom is 0.261 e. The van der Waals surface area contributed by atoms with E-state index in [1.807, 2.05) is 0 Å². The second-order valence-corrected chi connectivity index (χ2v) is 10.0. The lowest BCUT2D eigenvalue weighted by atomic mass is 10.2. The first-order chi connectivity index (χ1) is 7.44. The van der Waals surface area contributed by atoms with Crippen LogP contribution >= 0.6 is 17.3 Å². The van der Waals surface area contributed by atoms with Gasteiger partial charge in [-0.25, -0.2) is 4.31 Å². The van der Waals surface area contributed by atoms with Crippen LogP contribution in [0.25, 0.3) is 0 Å². The van der Waals surface area contributed by atoms with Crippen molar-refractivity contribution >= 4 is 29.1 Å². The molecule has 0 aromatic carbocycles. The maximum absolute atomic E-state index is 5.40. The zero-order valence-electron chi connectivity index (χ0n) is 11.1. The average molecular weight is 285 g/mol. The molecule has 2 atom stereocenters. The predicted molar refractivity (Wildman–Crippen MR) is 77.2 cm³/mol. The molecule has 0 rings (SSSR count). The van der Waals surface area contributed by atoms with Gasteiger partial charge in [0.05, 0.1) is 0 Å². The quantitative estimate of drug-likeness (QED) is 0.494. The summed E-state index contributed by atoms with van der Waals surface area (Å²) in [5.41, 5.74) is -2.20. The Morgan fingerprint density at radius 2 is 1.50 bits per heavy atom. The minimum atomic E-state index is -2.20. The van der Waals surface area contributed by atoms with Crippen LogP contribution in [0.2, 0.25) is 0 Å². The van der Waals surface area contributed by atoms with Crippen LogP contribution in [0.5, 0.6) is 0 Å². The summed E-state index contributed by atoms with van der Waals surface area (Å²) in [6, 6.07) is 0.958. The first-order valence-electron chi connectivity index (χ1n) is 5.63. The Kier molecular flexibility index (Phi) is 8.51. The fraction of sp³-hybridized carbons (Fsp3) is 1.00. The van der Waals surface area contributed by atoms with Crippen molar-refractivity contribution in [2.24, 2.45) is 0 Å². The molecule has 0 spiro atoms. The molecule has 0 aliphatic rings. The molecule has 0 saturated heterocycles. The highest BCUT2D eigenvalue weighted by Crippen LogP contribution is 2.62. The van der Waals surface area contributed by atoms with Gasteiger partial charge < -0.3 is 9.05 Å². The third kappa shape index (κ3) is 5.03. The van der Waals surface area contributed by atoms with E-state index < -0.39 is 5.69 Å². The van der Waals surface area contributed by atoms with Gasteiger partial charge in [-0.05, 0) is 38.5 Å². The molecule has 0 aliphatic heterocycles. The van der Waals surface area contributed by atoms with Gasteiger partial charge in [0, 0.05) is 37.9 Å². The number of hydrogen-bond donors (Lipinski definition) is 0. The molecule has 0 bridgehead atoms. The lowest BCUT2D eigenvalue weighted by Crippen LogP contribution is -2.33. The highest BCUT2D eigenvalue weighted by molar-refractivity contribution is 8.67. The van der Waals surface area contributed by atoms with E-state index >= 15 is 0 Å². The third-order valence-electron chi connectivity index (χ3n) is 2.69. The fourth-order valence-electron chi connectivity index (χ4n) is 1.21. The second kappa shape index (κ2) is 8.06. The summed E-state index contributed by atoms with van der Waals surface area (Å²) in [6.45, 7) is 8.79. The Bertz CT molecular complexity index is 223. The van der Waals surface area contributed by atoms with Gasteiger partial charge in [0.2, 0.25) is 0 Å². The van der Waals surface area contributed by atoms with Gasteiger partial charge in [0.25, 0.3) is 5.69 Å². The molecule has 3 nitrogen and oxygen atoms in total. The van der Waals surface area contributed by atoms with Crippen molar-refractivity contribution in [1.82, 2.24) is 4.31 Å². The van der Waals surface area contributed by atoms with E-state index in [4.69, 9.17) is 20.9 Å². The molecule has 0 N–H and O–H groups in total. The molecule has 0 radical (unpaired) electrons. The summed E-state index contributed by atoms with van der Waals surface area (Å²) in [6.07, 6.45) is 2.19. The van der Waals surface area contributed by atoms with Crippen molar-refractivity contribution in [3.63, 3.8) is 0 Å². The van der Waals surface area contributed by atoms with Crippen LogP contribution < -0.4 is 0 Å². The Morgan fingerprint density at radius 3 is 1.75 bits per heavy atom. The number of hydrogen-bond acceptors (Lipinski definition) is 5. The second-order valence-electron chi connectivity index (χ2n) is 3.77. The first-order valence-corrected chi connectivity index (χ1v) is 9.65. The third-order valence-corrected chi connectivity index (χ3v) is 8.25. The molecular weight excluding hydrogens is 261 g/mol. The molecule has 0 saturated carbocycles. The normalized spacial score (nSPS) is 16.4. The molecule has 6 heteroatoms. The number of rotatable bonds is 8. The lowest BCUT2D eigenvalue weighted by molar-refractivity contribution is 0.288. The molecular formula is C10H24NO2PS2. The van der Waals surface area contributed by atoms with E-state index in [1.165, 1.54) is 0 Å². The zero-order valence-corrected chi connectivity index (χ0v) is 13.6. The highest BCUT2D eigenvalue weighted by Gasteiger charge is 2.27. The van der Waals surface area contributed by atoms with E-state index in [-0.39, 0.29) is 0 Å². The molecule has 0 aliphatic carbocycles. The van der Waals surface area contributed by atoms with Crippen LogP contribution in [0.3, 0.4) is 0 Å². The molecule has 0 amide bonds. The summed E-state index contributed by atoms with van der Waals surface area (Å²) in [5, 5.41) is 0. The summed E-state index contributed by atoms with van der Waals surface area (Å²) in [7, 11) is 3.26. The van der Waals surface area contributed by atoms with Crippen molar-refractivity contribution in [1.29, 1.82) is 0 Å². The molecule has 0 fully saturated rings. The van der Waals surface area contributed by atoms with Crippen LogP contribution in [0.1, 0.15) is 40.5 Å². The van der Waals surface area contributed by atoms with Gasteiger partial charge in [-0.1, -0.05) is 13.8 Å². The van der Waals surface area contributed by atoms with Gasteiger partial charge in [0.15, 0.2) is 0 Å². The Morgan fingerprint density at radius 1 is 1.12 bits per heavy atom. The van der Waals surface area contributed by atoms with E-state index in [0.29, 0.717) is 12.1 Å². The first kappa shape index (κ1) is 16.9. The minimum absolute atomic E-state index is 0.479. The van der Waals surface area contributed by atoms with Crippen molar-refractivity contribution in [2.45, 2.75) is 52.6 Å². The standard InChI is InChI=1S/C10H24NO2PS2/c1-7-9(3)11(10(4)8-2)16-14(15,12-5)13-6/h9-10H,7-8H2,1-6H3. The molecule has 0 heterocycles. The van der Waals surface area contributed by atoms with Crippen LogP contribution in [0.4, 0.5) is 0 Å². The molecule has 98 valence electrons. The van der Waals surface area contributed by atoms with Gasteiger partial charge in [-0.15, -0.1) is 0 Å². The van der Waals surface area contributed by atoms with Crippen molar-refractivity contribution in [2.75, 3.05) is 14.2 Å². The van der Waals surface area contributed by atoms with E-state index in [1.54, 1.807) is 25.8 Å². The Balaban J connectivity index is 4.72. The topological polar surface area (TPSA) is 21.7 Å². The largest absolute Gasteiger partial charge is 0.324 e. The average Bonchev–Trinajstić information content (AvgIpc) is 2.33. The Hall–Kier alpha value is 0.880. The summed E-state index contributed by atoms with van der Waals surface area (Å²) < 4.78 is 13.0. The molecule has 0 aromatic rings. The van der Waals surface area contributed by atoms with Crippen LogP contribution in [0.15, 0.2) is 0 Å². The van der Waals surface area contributed by atoms with Crippen LogP contribution in [-0.4, -0.2) is 30.6 Å². The van der Waals surface area contributed by atoms with Crippen molar-refractivity contribution in [3.8, 4) is 0 Å². The van der Waals surface area contributed by atoms with E-state index in [2.05, 4.69) is 32.0 Å². The van der Waals surface area contributed by atoms with Crippen LogP contribution in [-0.2, 0) is 20.9 Å². The zero-order chi connectivity index (χ0) is 12.8. The van der Waals surface area contributed by atoms with E-state index in [0.717, 1.165) is 12.8 Å². The van der Waals surface area contributed by atoms with Gasteiger partial charge in [-0.2, -0.15) is 0 Å². The Labute approximate surface area is 109 Å². The maximum atomic E-state index is 5.40. The van der Waals surface area contributed by atoms with Crippen LogP contribution in [0, 0.1) is 0 Å². The van der Waals surface area contributed by atoms with Gasteiger partial charge >= 0.3 is 0 Å². The summed E-state index contributed by atoms with van der Waals surface area (Å²) in [5.74, 6) is 0. The summed E-state index contributed by atoms with van der Waals surface area (Å²) in [4.78, 5) is 0. The van der Waals surface area contributed by atoms with Crippen molar-refractivity contribution < 1.29 is 9.05 Å². The molecule has 16 heavy (non-hydrogen) atoms. The van der Waals surface area contributed by atoms with E-state index in [9.17, 15) is 0 Å². The predicted octanol–water partition coefficient (Wildman–Crippen LogP) is 4.05. The van der Waals surface area contributed by atoms with Gasteiger partial charge in [-0.3, -0.25) is 0 Å². The van der Waals surface area contributed by atoms with Crippen molar-refractivity contribution in [3.05, 3.63) is 0 Å². The smallest absolute Gasteiger partial charge is 0.261 e. The SMILES string of the molecule is CCC(C)N(SP(=S)(OC)OC)C(C)CC. The fourth-order valence-corrected chi connectivity index (χ4v) is 5.10. The monoisotopic (exact) mass is 285 g/mol. The summed E-state index contributed by atoms with van der Waals surface area (Å²) >= 11 is 6.98. The number of nitrogens with zero attached hydrogens (tertiary/aromatic N) is 1. The minimum Gasteiger partial charge on any atom is -0.324 e. The lowest BCUT2D eigenvalue weighted by Gasteiger charge is -2.34. The highest BCUT2D eigenvalue weighted by atomic mass is 32.9. The molecule has 2 unspecified atom stereocenters. The molecule has 0 aromatic heterocycles.